The summed E-state index contributed by atoms with van der Waals surface area (Å²) in [6.45, 7) is 4.70. The Balaban J connectivity index is 1.62. The lowest BCUT2D eigenvalue weighted by atomic mass is 10.1. The van der Waals surface area contributed by atoms with Crippen LogP contribution in [0.4, 0.5) is 5.69 Å². The first-order valence-corrected chi connectivity index (χ1v) is 9.29. The van der Waals surface area contributed by atoms with Gasteiger partial charge in [-0.25, -0.2) is 0 Å². The molecule has 0 saturated heterocycles. The van der Waals surface area contributed by atoms with E-state index in [2.05, 4.69) is 16.0 Å². The van der Waals surface area contributed by atoms with Gasteiger partial charge in [0.2, 0.25) is 6.79 Å². The molecule has 3 N–H and O–H groups in total. The molecule has 8 heteroatoms. The molecule has 0 aliphatic carbocycles. The number of hydrogen-bond donors (Lipinski definition) is 3. The second-order valence-electron chi connectivity index (χ2n) is 6.97. The van der Waals surface area contributed by atoms with Crippen LogP contribution in [0.15, 0.2) is 42.5 Å². The molecule has 0 bridgehead atoms. The maximum atomic E-state index is 12.6. The van der Waals surface area contributed by atoms with Crippen LogP contribution in [0.3, 0.4) is 0 Å². The van der Waals surface area contributed by atoms with Crippen molar-refractivity contribution < 1.29 is 23.9 Å². The van der Waals surface area contributed by atoms with Crippen molar-refractivity contribution in [1.82, 2.24) is 10.6 Å². The average molecular weight is 397 g/mol. The third-order valence-electron chi connectivity index (χ3n) is 4.19. The maximum absolute atomic E-state index is 12.6. The van der Waals surface area contributed by atoms with E-state index < -0.39 is 11.8 Å². The molecule has 2 aromatic rings. The summed E-state index contributed by atoms with van der Waals surface area (Å²) in [7, 11) is 0. The Kier molecular flexibility index (Phi) is 6.33. The SMILES string of the molecule is CC(C)CNC(=O)C(=O)Nc1ccccc1C(=O)NCc1ccc2c(c1)OCO2. The lowest BCUT2D eigenvalue weighted by molar-refractivity contribution is -0.136. The molecule has 29 heavy (non-hydrogen) atoms. The predicted molar refractivity (Wildman–Crippen MR) is 107 cm³/mol. The number of nitrogens with one attached hydrogen (secondary N) is 3. The third-order valence-corrected chi connectivity index (χ3v) is 4.19. The van der Waals surface area contributed by atoms with E-state index in [-0.39, 0.29) is 36.4 Å². The molecule has 0 atom stereocenters. The number of amides is 3. The molecule has 1 heterocycles. The standard InChI is InChI=1S/C21H23N3O5/c1-13(2)10-22-20(26)21(27)24-16-6-4-3-5-15(16)19(25)23-11-14-7-8-17-18(9-14)29-12-28-17/h3-9,13H,10-12H2,1-2H3,(H,22,26)(H,23,25)(H,24,27). The number of ether oxygens (including phenoxy) is 2. The summed E-state index contributed by atoms with van der Waals surface area (Å²) in [5.74, 6) is -0.404. The van der Waals surface area contributed by atoms with E-state index in [1.807, 2.05) is 19.9 Å². The molecule has 0 fully saturated rings. The fourth-order valence-electron chi connectivity index (χ4n) is 2.67. The number of hydrogen-bond acceptors (Lipinski definition) is 5. The van der Waals surface area contributed by atoms with Crippen LogP contribution in [0.2, 0.25) is 0 Å². The Morgan fingerprint density at radius 3 is 2.52 bits per heavy atom. The first-order valence-electron chi connectivity index (χ1n) is 9.29. The third kappa shape index (κ3) is 5.25. The van der Waals surface area contributed by atoms with Gasteiger partial charge in [-0.2, -0.15) is 0 Å². The first-order chi connectivity index (χ1) is 13.9. The average Bonchev–Trinajstić information content (AvgIpc) is 3.18. The molecule has 3 amide bonds. The zero-order valence-electron chi connectivity index (χ0n) is 16.3. The second kappa shape index (κ2) is 9.09. The largest absolute Gasteiger partial charge is 0.454 e. The highest BCUT2D eigenvalue weighted by Gasteiger charge is 2.18. The Hall–Kier alpha value is -3.55. The molecule has 8 nitrogen and oxygen atoms in total. The normalized spacial score (nSPS) is 11.8. The van der Waals surface area contributed by atoms with Gasteiger partial charge in [0.05, 0.1) is 11.3 Å². The van der Waals surface area contributed by atoms with Crippen LogP contribution in [-0.4, -0.2) is 31.1 Å². The molecular formula is C21H23N3O5. The molecular weight excluding hydrogens is 374 g/mol. The number of carbonyl (C=O) groups is 3. The van der Waals surface area contributed by atoms with Gasteiger partial charge >= 0.3 is 11.8 Å². The molecule has 0 saturated carbocycles. The number of anilines is 1. The summed E-state index contributed by atoms with van der Waals surface area (Å²) in [6.07, 6.45) is 0. The molecule has 2 aromatic carbocycles. The van der Waals surface area contributed by atoms with Crippen molar-refractivity contribution in [3.8, 4) is 11.5 Å². The van der Waals surface area contributed by atoms with Gasteiger partial charge in [-0.1, -0.05) is 32.0 Å². The minimum atomic E-state index is -0.818. The Bertz CT molecular complexity index is 926. The van der Waals surface area contributed by atoms with Crippen molar-refractivity contribution in [2.45, 2.75) is 20.4 Å². The van der Waals surface area contributed by atoms with E-state index >= 15 is 0 Å². The molecule has 152 valence electrons. The van der Waals surface area contributed by atoms with Crippen molar-refractivity contribution in [3.05, 3.63) is 53.6 Å². The van der Waals surface area contributed by atoms with Crippen LogP contribution in [-0.2, 0) is 16.1 Å². The van der Waals surface area contributed by atoms with Crippen molar-refractivity contribution >= 4 is 23.4 Å². The fourth-order valence-corrected chi connectivity index (χ4v) is 2.67. The van der Waals surface area contributed by atoms with E-state index in [1.54, 1.807) is 36.4 Å². The quantitative estimate of drug-likeness (QED) is 0.647. The zero-order chi connectivity index (χ0) is 20.8. The molecule has 1 aliphatic heterocycles. The van der Waals surface area contributed by atoms with Gasteiger partial charge in [-0.15, -0.1) is 0 Å². The number of rotatable bonds is 6. The van der Waals surface area contributed by atoms with Gasteiger partial charge in [-0.3, -0.25) is 14.4 Å². The van der Waals surface area contributed by atoms with Gasteiger partial charge in [0.1, 0.15) is 0 Å². The Morgan fingerprint density at radius 1 is 0.966 bits per heavy atom. The van der Waals surface area contributed by atoms with Gasteiger partial charge in [0, 0.05) is 13.1 Å². The van der Waals surface area contributed by atoms with Crippen molar-refractivity contribution in [3.63, 3.8) is 0 Å². The summed E-state index contributed by atoms with van der Waals surface area (Å²) in [4.78, 5) is 36.6. The highest BCUT2D eigenvalue weighted by atomic mass is 16.7. The molecule has 1 aliphatic rings. The highest BCUT2D eigenvalue weighted by molar-refractivity contribution is 6.40. The number of carbonyl (C=O) groups excluding carboxylic acids is 3. The van der Waals surface area contributed by atoms with E-state index in [9.17, 15) is 14.4 Å². The van der Waals surface area contributed by atoms with Crippen LogP contribution in [0.25, 0.3) is 0 Å². The Morgan fingerprint density at radius 2 is 1.72 bits per heavy atom. The van der Waals surface area contributed by atoms with Gasteiger partial charge in [0.15, 0.2) is 11.5 Å². The summed E-state index contributed by atoms with van der Waals surface area (Å²) in [5.41, 5.74) is 1.37. The van der Waals surface area contributed by atoms with E-state index in [0.717, 1.165) is 5.56 Å². The summed E-state index contributed by atoms with van der Waals surface area (Å²) in [6, 6.07) is 11.9. The second-order valence-corrected chi connectivity index (χ2v) is 6.97. The molecule has 0 radical (unpaired) electrons. The number of benzene rings is 2. The summed E-state index contributed by atoms with van der Waals surface area (Å²) in [5, 5.41) is 7.85. The lowest BCUT2D eigenvalue weighted by Gasteiger charge is -2.12. The monoisotopic (exact) mass is 397 g/mol. The van der Waals surface area contributed by atoms with Gasteiger partial charge in [-0.05, 0) is 35.7 Å². The van der Waals surface area contributed by atoms with Crippen LogP contribution in [0.1, 0.15) is 29.8 Å². The van der Waals surface area contributed by atoms with Crippen molar-refractivity contribution in [2.24, 2.45) is 5.92 Å². The van der Waals surface area contributed by atoms with Crippen molar-refractivity contribution in [1.29, 1.82) is 0 Å². The molecule has 0 spiro atoms. The number of para-hydroxylation sites is 1. The molecule has 0 unspecified atom stereocenters. The van der Waals surface area contributed by atoms with E-state index in [4.69, 9.17) is 9.47 Å². The molecule has 0 aromatic heterocycles. The summed E-state index contributed by atoms with van der Waals surface area (Å²) >= 11 is 0. The van der Waals surface area contributed by atoms with Crippen LogP contribution in [0.5, 0.6) is 11.5 Å². The van der Waals surface area contributed by atoms with E-state index in [0.29, 0.717) is 18.0 Å². The van der Waals surface area contributed by atoms with Crippen LogP contribution >= 0.6 is 0 Å². The van der Waals surface area contributed by atoms with E-state index in [1.165, 1.54) is 0 Å². The Labute approximate surface area is 168 Å². The van der Waals surface area contributed by atoms with Gasteiger partial charge < -0.3 is 25.4 Å². The first kappa shape index (κ1) is 20.2. The summed E-state index contributed by atoms with van der Waals surface area (Å²) < 4.78 is 10.6. The highest BCUT2D eigenvalue weighted by Crippen LogP contribution is 2.32. The number of fused-ring (bicyclic) bond motifs is 1. The molecule has 3 rings (SSSR count). The topological polar surface area (TPSA) is 106 Å². The fraction of sp³-hybridized carbons (Fsp3) is 0.286. The smallest absolute Gasteiger partial charge is 0.313 e. The van der Waals surface area contributed by atoms with Crippen LogP contribution < -0.4 is 25.4 Å². The maximum Gasteiger partial charge on any atom is 0.313 e. The predicted octanol–water partition coefficient (Wildman–Crippen LogP) is 2.06. The van der Waals surface area contributed by atoms with Gasteiger partial charge in [0.25, 0.3) is 5.91 Å². The lowest BCUT2D eigenvalue weighted by Crippen LogP contribution is -2.37. The van der Waals surface area contributed by atoms with Crippen LogP contribution in [0, 0.1) is 5.92 Å². The van der Waals surface area contributed by atoms with Crippen molar-refractivity contribution in [2.75, 3.05) is 18.7 Å². The minimum Gasteiger partial charge on any atom is -0.454 e. The zero-order valence-corrected chi connectivity index (χ0v) is 16.3. The minimum absolute atomic E-state index is 0.183.